The molecular weight excluding hydrogens is 176 g/mol. The van der Waals surface area contributed by atoms with Crippen LogP contribution in [0.1, 0.15) is 34.6 Å². The van der Waals surface area contributed by atoms with Crippen molar-refractivity contribution in [2.24, 2.45) is 17.3 Å². The maximum absolute atomic E-state index is 11.5. The Bertz CT molecular complexity index is 283. The van der Waals surface area contributed by atoms with Gasteiger partial charge in [-0.15, -0.1) is 0 Å². The molecule has 0 bridgehead atoms. The van der Waals surface area contributed by atoms with Gasteiger partial charge in [0.25, 0.3) is 0 Å². The summed E-state index contributed by atoms with van der Waals surface area (Å²) >= 11 is 0. The van der Waals surface area contributed by atoms with Gasteiger partial charge in [0.2, 0.25) is 0 Å². The molecular formula is C12H20O2. The van der Waals surface area contributed by atoms with E-state index in [1.165, 1.54) is 18.3 Å². The Hall–Kier alpha value is -0.790. The number of allylic oxidation sites excluding steroid dienone is 2. The fraction of sp³-hybridized carbons (Fsp3) is 0.750. The first-order valence-corrected chi connectivity index (χ1v) is 5.05. The van der Waals surface area contributed by atoms with Crippen LogP contribution in [0, 0.1) is 17.3 Å². The molecule has 1 fully saturated rings. The van der Waals surface area contributed by atoms with Crippen LogP contribution in [0.5, 0.6) is 0 Å². The molecule has 0 saturated heterocycles. The summed E-state index contributed by atoms with van der Waals surface area (Å²) in [7, 11) is 1.46. The first-order chi connectivity index (χ1) is 6.34. The summed E-state index contributed by atoms with van der Waals surface area (Å²) in [5.74, 6) is 0.364. The van der Waals surface area contributed by atoms with Gasteiger partial charge in [0.05, 0.1) is 13.0 Å². The summed E-state index contributed by atoms with van der Waals surface area (Å²) < 4.78 is 4.81. The second kappa shape index (κ2) is 3.41. The molecule has 0 amide bonds. The minimum Gasteiger partial charge on any atom is -0.469 e. The van der Waals surface area contributed by atoms with Crippen LogP contribution in [-0.2, 0) is 9.53 Å². The third-order valence-electron chi connectivity index (χ3n) is 3.54. The Morgan fingerprint density at radius 3 is 2.00 bits per heavy atom. The van der Waals surface area contributed by atoms with Gasteiger partial charge in [-0.1, -0.05) is 25.0 Å². The molecule has 2 heteroatoms. The van der Waals surface area contributed by atoms with Crippen molar-refractivity contribution in [2.75, 3.05) is 7.11 Å². The van der Waals surface area contributed by atoms with Gasteiger partial charge in [-0.2, -0.15) is 0 Å². The lowest BCUT2D eigenvalue weighted by molar-refractivity contribution is -0.143. The molecule has 1 saturated carbocycles. The van der Waals surface area contributed by atoms with Crippen LogP contribution in [0.4, 0.5) is 0 Å². The second-order valence-electron chi connectivity index (χ2n) is 4.98. The van der Waals surface area contributed by atoms with Crippen molar-refractivity contribution < 1.29 is 9.53 Å². The summed E-state index contributed by atoms with van der Waals surface area (Å²) in [6, 6.07) is 0. The highest BCUT2D eigenvalue weighted by molar-refractivity contribution is 5.78. The Morgan fingerprint density at radius 2 is 1.64 bits per heavy atom. The highest BCUT2D eigenvalue weighted by Crippen LogP contribution is 2.62. The lowest BCUT2D eigenvalue weighted by atomic mass is 10.0. The fourth-order valence-electron chi connectivity index (χ4n) is 2.32. The van der Waals surface area contributed by atoms with Gasteiger partial charge in [0.15, 0.2) is 0 Å². The number of hydrogen-bond acceptors (Lipinski definition) is 2. The molecule has 2 nitrogen and oxygen atoms in total. The van der Waals surface area contributed by atoms with Crippen molar-refractivity contribution in [3.8, 4) is 0 Å². The maximum Gasteiger partial charge on any atom is 0.309 e. The average molecular weight is 196 g/mol. The van der Waals surface area contributed by atoms with Crippen molar-refractivity contribution in [1.29, 1.82) is 0 Å². The number of carbonyl (C=O) groups is 1. The van der Waals surface area contributed by atoms with Gasteiger partial charge in [-0.05, 0) is 32.1 Å². The van der Waals surface area contributed by atoms with Gasteiger partial charge in [0.1, 0.15) is 0 Å². The highest BCUT2D eigenvalue weighted by atomic mass is 16.5. The Labute approximate surface area is 86.3 Å². The number of hydrogen-bond donors (Lipinski definition) is 0. The fourth-order valence-corrected chi connectivity index (χ4v) is 2.32. The number of methoxy groups -OCH3 is 1. The van der Waals surface area contributed by atoms with Crippen molar-refractivity contribution in [1.82, 2.24) is 0 Å². The SMILES string of the molecule is COC(=O)C1C(C(C)=C(C)C)C1(C)C. The standard InChI is InChI=1S/C12H20O2/c1-7(2)8(3)9-10(11(13)14-6)12(9,4)5/h9-10H,1-6H3. The van der Waals surface area contributed by atoms with Crippen LogP contribution in [-0.4, -0.2) is 13.1 Å². The molecule has 1 rings (SSSR count). The zero-order valence-corrected chi connectivity index (χ0v) is 9.97. The Kier molecular flexibility index (Phi) is 2.75. The minimum atomic E-state index is -0.0689. The molecule has 0 radical (unpaired) electrons. The molecule has 14 heavy (non-hydrogen) atoms. The third kappa shape index (κ3) is 1.58. The Balaban J connectivity index is 2.87. The summed E-state index contributed by atoms with van der Waals surface area (Å²) in [5, 5.41) is 0. The smallest absolute Gasteiger partial charge is 0.309 e. The van der Waals surface area contributed by atoms with E-state index in [0.717, 1.165) is 0 Å². The molecule has 0 heterocycles. The van der Waals surface area contributed by atoms with Crippen molar-refractivity contribution in [3.05, 3.63) is 11.1 Å². The van der Waals surface area contributed by atoms with Crippen LogP contribution < -0.4 is 0 Å². The van der Waals surface area contributed by atoms with E-state index in [0.29, 0.717) is 5.92 Å². The van der Waals surface area contributed by atoms with E-state index < -0.39 is 0 Å². The number of ether oxygens (including phenoxy) is 1. The zero-order chi connectivity index (χ0) is 11.1. The molecule has 2 unspecified atom stereocenters. The quantitative estimate of drug-likeness (QED) is 0.501. The molecule has 0 aromatic carbocycles. The molecule has 2 atom stereocenters. The van der Waals surface area contributed by atoms with E-state index in [2.05, 4.69) is 34.6 Å². The van der Waals surface area contributed by atoms with Crippen molar-refractivity contribution in [2.45, 2.75) is 34.6 Å². The van der Waals surface area contributed by atoms with Crippen LogP contribution in [0.15, 0.2) is 11.1 Å². The van der Waals surface area contributed by atoms with E-state index in [4.69, 9.17) is 4.74 Å². The summed E-state index contributed by atoms with van der Waals surface area (Å²) in [6.45, 7) is 10.6. The van der Waals surface area contributed by atoms with Gasteiger partial charge in [-0.3, -0.25) is 4.79 Å². The predicted octanol–water partition coefficient (Wildman–Crippen LogP) is 2.79. The van der Waals surface area contributed by atoms with Crippen LogP contribution >= 0.6 is 0 Å². The minimum absolute atomic E-state index is 0.0578. The lowest BCUT2D eigenvalue weighted by Crippen LogP contribution is -2.07. The van der Waals surface area contributed by atoms with Gasteiger partial charge in [-0.25, -0.2) is 0 Å². The molecule has 0 aromatic rings. The van der Waals surface area contributed by atoms with Crippen molar-refractivity contribution in [3.63, 3.8) is 0 Å². The third-order valence-corrected chi connectivity index (χ3v) is 3.54. The first-order valence-electron chi connectivity index (χ1n) is 5.05. The van der Waals surface area contributed by atoms with E-state index >= 15 is 0 Å². The summed E-state index contributed by atoms with van der Waals surface area (Å²) in [4.78, 5) is 11.5. The van der Waals surface area contributed by atoms with Crippen LogP contribution in [0.25, 0.3) is 0 Å². The molecule has 0 spiro atoms. The molecule has 0 aliphatic heterocycles. The molecule has 0 N–H and O–H groups in total. The molecule has 1 aliphatic rings. The molecule has 0 aromatic heterocycles. The van der Waals surface area contributed by atoms with Crippen LogP contribution in [0.2, 0.25) is 0 Å². The maximum atomic E-state index is 11.5. The number of rotatable bonds is 2. The Morgan fingerprint density at radius 1 is 1.14 bits per heavy atom. The molecule has 80 valence electrons. The van der Waals surface area contributed by atoms with Gasteiger partial charge in [0, 0.05) is 0 Å². The van der Waals surface area contributed by atoms with E-state index in [1.54, 1.807) is 0 Å². The summed E-state index contributed by atoms with van der Waals surface area (Å²) in [6.07, 6.45) is 0. The largest absolute Gasteiger partial charge is 0.469 e. The highest BCUT2D eigenvalue weighted by Gasteiger charge is 2.63. The number of carbonyl (C=O) groups excluding carboxylic acids is 1. The second-order valence-corrected chi connectivity index (χ2v) is 4.98. The predicted molar refractivity (Wildman–Crippen MR) is 56.8 cm³/mol. The molecule has 1 aliphatic carbocycles. The van der Waals surface area contributed by atoms with Crippen molar-refractivity contribution >= 4 is 5.97 Å². The topological polar surface area (TPSA) is 26.3 Å². The lowest BCUT2D eigenvalue weighted by Gasteiger charge is -2.04. The monoisotopic (exact) mass is 196 g/mol. The first kappa shape index (κ1) is 11.3. The normalized spacial score (nSPS) is 28.1. The summed E-state index contributed by atoms with van der Waals surface area (Å²) in [5.41, 5.74) is 2.73. The van der Waals surface area contributed by atoms with Crippen LogP contribution in [0.3, 0.4) is 0 Å². The van der Waals surface area contributed by atoms with E-state index in [1.807, 2.05) is 0 Å². The van der Waals surface area contributed by atoms with E-state index in [-0.39, 0.29) is 17.3 Å². The zero-order valence-electron chi connectivity index (χ0n) is 9.97. The van der Waals surface area contributed by atoms with Gasteiger partial charge >= 0.3 is 5.97 Å². The van der Waals surface area contributed by atoms with Gasteiger partial charge < -0.3 is 4.74 Å². The average Bonchev–Trinajstić information content (AvgIpc) is 2.66. The van der Waals surface area contributed by atoms with E-state index in [9.17, 15) is 4.79 Å². The number of esters is 1.